The molecule has 0 saturated heterocycles. The van der Waals surface area contributed by atoms with Crippen LogP contribution in [0.3, 0.4) is 0 Å². The maximum absolute atomic E-state index is 9.53. The van der Waals surface area contributed by atoms with Crippen LogP contribution >= 0.6 is 0 Å². The normalized spacial score (nSPS) is 18.2. The summed E-state index contributed by atoms with van der Waals surface area (Å²) < 4.78 is 21.3. The monoisotopic (exact) mass is 287 g/mol. The topological polar surface area (TPSA) is 83.2 Å². The fourth-order valence-corrected chi connectivity index (χ4v) is 1.62. The standard InChI is InChI=1S/C14H25NO5/c15-5-6-17-7-8-18-9-10-19-11-12-20-14-4-2-1-3-13(14)16/h1-3,14,16H,4-12,15H2. The molecular formula is C14H25NO5. The second kappa shape index (κ2) is 11.9. The van der Waals surface area contributed by atoms with Gasteiger partial charge in [-0.1, -0.05) is 12.2 Å². The summed E-state index contributed by atoms with van der Waals surface area (Å²) in [6.07, 6.45) is 5.90. The Kier molecular flexibility index (Phi) is 10.2. The molecule has 20 heavy (non-hydrogen) atoms. The van der Waals surface area contributed by atoms with Crippen LogP contribution in [-0.2, 0) is 18.9 Å². The van der Waals surface area contributed by atoms with Gasteiger partial charge in [0.15, 0.2) is 0 Å². The van der Waals surface area contributed by atoms with Crippen molar-refractivity contribution in [3.05, 3.63) is 24.0 Å². The summed E-state index contributed by atoms with van der Waals surface area (Å²) >= 11 is 0. The third-order valence-electron chi connectivity index (χ3n) is 2.64. The fraction of sp³-hybridized carbons (Fsp3) is 0.714. The van der Waals surface area contributed by atoms with Crippen LogP contribution in [0.25, 0.3) is 0 Å². The number of hydrogen-bond donors (Lipinski definition) is 2. The first-order valence-corrected chi connectivity index (χ1v) is 6.95. The van der Waals surface area contributed by atoms with Crippen LogP contribution in [0.2, 0.25) is 0 Å². The molecule has 0 saturated carbocycles. The van der Waals surface area contributed by atoms with Gasteiger partial charge in [-0.25, -0.2) is 0 Å². The van der Waals surface area contributed by atoms with Crippen LogP contribution in [0.4, 0.5) is 0 Å². The number of rotatable bonds is 12. The van der Waals surface area contributed by atoms with Crippen molar-refractivity contribution in [1.29, 1.82) is 0 Å². The third-order valence-corrected chi connectivity index (χ3v) is 2.64. The van der Waals surface area contributed by atoms with Gasteiger partial charge in [0.1, 0.15) is 11.9 Å². The first-order valence-electron chi connectivity index (χ1n) is 6.95. The smallest absolute Gasteiger partial charge is 0.121 e. The van der Waals surface area contributed by atoms with Crippen molar-refractivity contribution in [2.45, 2.75) is 12.5 Å². The molecule has 0 aliphatic heterocycles. The molecule has 6 heteroatoms. The summed E-state index contributed by atoms with van der Waals surface area (Å²) in [5, 5.41) is 9.53. The summed E-state index contributed by atoms with van der Waals surface area (Å²) in [7, 11) is 0. The maximum atomic E-state index is 9.53. The van der Waals surface area contributed by atoms with E-state index in [0.717, 1.165) is 0 Å². The Hall–Kier alpha value is -0.920. The predicted octanol–water partition coefficient (Wildman–Crippen LogP) is 0.782. The van der Waals surface area contributed by atoms with Gasteiger partial charge in [-0.05, 0) is 12.5 Å². The lowest BCUT2D eigenvalue weighted by Crippen LogP contribution is -2.20. The SMILES string of the molecule is NCCOCCOCCOCCOC1CC=CC=C1O. The van der Waals surface area contributed by atoms with E-state index in [9.17, 15) is 5.11 Å². The summed E-state index contributed by atoms with van der Waals surface area (Å²) in [4.78, 5) is 0. The average molecular weight is 287 g/mol. The molecule has 1 rings (SSSR count). The Morgan fingerprint density at radius 3 is 2.20 bits per heavy atom. The van der Waals surface area contributed by atoms with E-state index in [1.54, 1.807) is 6.08 Å². The Bertz CT molecular complexity index is 293. The predicted molar refractivity (Wildman–Crippen MR) is 75.7 cm³/mol. The zero-order valence-electron chi connectivity index (χ0n) is 11.8. The van der Waals surface area contributed by atoms with Crippen molar-refractivity contribution in [1.82, 2.24) is 0 Å². The molecule has 0 aromatic heterocycles. The van der Waals surface area contributed by atoms with Crippen molar-refractivity contribution >= 4 is 0 Å². The van der Waals surface area contributed by atoms with E-state index in [4.69, 9.17) is 24.7 Å². The molecule has 1 aliphatic carbocycles. The largest absolute Gasteiger partial charge is 0.510 e. The van der Waals surface area contributed by atoms with Crippen molar-refractivity contribution in [3.8, 4) is 0 Å². The first-order chi connectivity index (χ1) is 9.84. The quantitative estimate of drug-likeness (QED) is 0.516. The minimum Gasteiger partial charge on any atom is -0.510 e. The number of allylic oxidation sites excluding steroid dienone is 2. The van der Waals surface area contributed by atoms with Crippen LogP contribution in [-0.4, -0.2) is 64.0 Å². The van der Waals surface area contributed by atoms with Gasteiger partial charge < -0.3 is 29.8 Å². The number of hydrogen-bond acceptors (Lipinski definition) is 6. The molecule has 0 radical (unpaired) electrons. The third kappa shape index (κ3) is 8.29. The van der Waals surface area contributed by atoms with Crippen LogP contribution in [0, 0.1) is 0 Å². The highest BCUT2D eigenvalue weighted by Gasteiger charge is 2.13. The van der Waals surface area contributed by atoms with Gasteiger partial charge in [0, 0.05) is 6.54 Å². The molecule has 0 aromatic rings. The highest BCUT2D eigenvalue weighted by Crippen LogP contribution is 2.13. The highest BCUT2D eigenvalue weighted by molar-refractivity contribution is 5.16. The lowest BCUT2D eigenvalue weighted by molar-refractivity contribution is -0.0177. The fourth-order valence-electron chi connectivity index (χ4n) is 1.62. The molecule has 0 spiro atoms. The number of aliphatic hydroxyl groups is 1. The summed E-state index contributed by atoms with van der Waals surface area (Å²) in [5.41, 5.74) is 5.28. The molecule has 0 amide bonds. The molecule has 0 bridgehead atoms. The van der Waals surface area contributed by atoms with Gasteiger partial charge in [-0.3, -0.25) is 0 Å². The molecule has 0 fully saturated rings. The van der Waals surface area contributed by atoms with Crippen LogP contribution in [0.5, 0.6) is 0 Å². The summed E-state index contributed by atoms with van der Waals surface area (Å²) in [5.74, 6) is 0.272. The maximum Gasteiger partial charge on any atom is 0.121 e. The Morgan fingerprint density at radius 1 is 1.00 bits per heavy atom. The van der Waals surface area contributed by atoms with Gasteiger partial charge in [0.2, 0.25) is 0 Å². The minimum absolute atomic E-state index is 0.237. The molecule has 0 aromatic carbocycles. The van der Waals surface area contributed by atoms with E-state index in [1.807, 2.05) is 12.2 Å². The van der Waals surface area contributed by atoms with E-state index in [-0.39, 0.29) is 11.9 Å². The van der Waals surface area contributed by atoms with Crippen molar-refractivity contribution in [2.24, 2.45) is 5.73 Å². The van der Waals surface area contributed by atoms with Gasteiger partial charge >= 0.3 is 0 Å². The van der Waals surface area contributed by atoms with Crippen molar-refractivity contribution < 1.29 is 24.1 Å². The lowest BCUT2D eigenvalue weighted by atomic mass is 10.1. The van der Waals surface area contributed by atoms with Crippen LogP contribution in [0.1, 0.15) is 6.42 Å². The molecule has 3 N–H and O–H groups in total. The van der Waals surface area contributed by atoms with Crippen molar-refractivity contribution in [3.63, 3.8) is 0 Å². The Balaban J connectivity index is 1.81. The summed E-state index contributed by atoms with van der Waals surface area (Å²) in [6.45, 7) is 4.19. The van der Waals surface area contributed by atoms with Crippen LogP contribution in [0.15, 0.2) is 24.0 Å². The van der Waals surface area contributed by atoms with Gasteiger partial charge in [0.05, 0.1) is 46.2 Å². The minimum atomic E-state index is -0.237. The number of aliphatic hydroxyl groups excluding tert-OH is 1. The van der Waals surface area contributed by atoms with Gasteiger partial charge in [-0.2, -0.15) is 0 Å². The lowest BCUT2D eigenvalue weighted by Gasteiger charge is -2.17. The first kappa shape index (κ1) is 17.1. The molecule has 1 aliphatic rings. The van der Waals surface area contributed by atoms with Gasteiger partial charge in [-0.15, -0.1) is 0 Å². The molecule has 1 atom stereocenters. The average Bonchev–Trinajstić information content (AvgIpc) is 2.46. The molecule has 1 unspecified atom stereocenters. The van der Waals surface area contributed by atoms with Crippen molar-refractivity contribution in [2.75, 3.05) is 52.8 Å². The van der Waals surface area contributed by atoms with E-state index in [0.29, 0.717) is 59.2 Å². The van der Waals surface area contributed by atoms with Crippen LogP contribution < -0.4 is 5.73 Å². The van der Waals surface area contributed by atoms with E-state index in [2.05, 4.69) is 0 Å². The summed E-state index contributed by atoms with van der Waals surface area (Å²) in [6, 6.07) is 0. The van der Waals surface area contributed by atoms with E-state index >= 15 is 0 Å². The van der Waals surface area contributed by atoms with E-state index < -0.39 is 0 Å². The second-order valence-electron chi connectivity index (χ2n) is 4.24. The molecule has 116 valence electrons. The Morgan fingerprint density at radius 2 is 1.60 bits per heavy atom. The molecule has 0 heterocycles. The number of ether oxygens (including phenoxy) is 4. The van der Waals surface area contributed by atoms with E-state index in [1.165, 1.54) is 0 Å². The zero-order chi connectivity index (χ0) is 14.5. The zero-order valence-corrected chi connectivity index (χ0v) is 11.8. The highest BCUT2D eigenvalue weighted by atomic mass is 16.6. The second-order valence-corrected chi connectivity index (χ2v) is 4.24. The number of nitrogens with two attached hydrogens (primary N) is 1. The molecular weight excluding hydrogens is 262 g/mol. The molecule has 6 nitrogen and oxygen atoms in total. The Labute approximate surface area is 120 Å². The van der Waals surface area contributed by atoms with Gasteiger partial charge in [0.25, 0.3) is 0 Å².